The van der Waals surface area contributed by atoms with Crippen LogP contribution < -0.4 is 10.6 Å². The Morgan fingerprint density at radius 3 is 2.29 bits per heavy atom. The molecule has 2 unspecified atom stereocenters. The molecule has 0 fully saturated rings. The molecule has 6 heteroatoms. The molecule has 0 saturated heterocycles. The summed E-state index contributed by atoms with van der Waals surface area (Å²) in [5.41, 5.74) is -0.0972. The fourth-order valence-electron chi connectivity index (χ4n) is 1.71. The molecular weight excluding hydrogens is 284 g/mol. The van der Waals surface area contributed by atoms with Crippen LogP contribution >= 0.6 is 0 Å². The van der Waals surface area contributed by atoms with Gasteiger partial charge in [0.25, 0.3) is 0 Å². The zero-order chi connectivity index (χ0) is 16.0. The van der Waals surface area contributed by atoms with Gasteiger partial charge in [0.15, 0.2) is 0 Å². The maximum atomic E-state index is 11.4. The van der Waals surface area contributed by atoms with E-state index in [1.54, 1.807) is 6.26 Å². The molecule has 0 radical (unpaired) electrons. The van der Waals surface area contributed by atoms with Crippen LogP contribution in [0, 0.1) is 0 Å². The lowest BCUT2D eigenvalue weighted by Gasteiger charge is -2.19. The molecule has 0 aromatic carbocycles. The highest BCUT2D eigenvalue weighted by atomic mass is 32.2. The third kappa shape index (κ3) is 5.99. The summed E-state index contributed by atoms with van der Waals surface area (Å²) in [4.78, 5) is 9.15. The Hall–Kier alpha value is -1.17. The molecule has 2 N–H and O–H groups in total. The molecule has 1 heterocycles. The SMILES string of the molecule is CCNc1cc(NCCC(C)S(C)=O)nc(C(C)(C)C)n1. The quantitative estimate of drug-likeness (QED) is 0.810. The van der Waals surface area contributed by atoms with Crippen LogP contribution in [0.2, 0.25) is 0 Å². The average molecular weight is 312 g/mol. The predicted molar refractivity (Wildman–Crippen MR) is 91.5 cm³/mol. The Morgan fingerprint density at radius 1 is 1.24 bits per heavy atom. The average Bonchev–Trinajstić information content (AvgIpc) is 2.37. The van der Waals surface area contributed by atoms with Crippen LogP contribution in [0.5, 0.6) is 0 Å². The van der Waals surface area contributed by atoms with Crippen LogP contribution in [0.15, 0.2) is 6.07 Å². The van der Waals surface area contributed by atoms with Gasteiger partial charge in [-0.15, -0.1) is 0 Å². The molecule has 120 valence electrons. The predicted octanol–water partition coefficient (Wildman–Crippen LogP) is 2.77. The highest BCUT2D eigenvalue weighted by Gasteiger charge is 2.19. The minimum absolute atomic E-state index is 0.0972. The van der Waals surface area contributed by atoms with Gasteiger partial charge in [0.1, 0.15) is 17.5 Å². The van der Waals surface area contributed by atoms with Crippen molar-refractivity contribution in [2.75, 3.05) is 30.0 Å². The van der Waals surface area contributed by atoms with Gasteiger partial charge in [0, 0.05) is 46.9 Å². The van der Waals surface area contributed by atoms with E-state index < -0.39 is 10.8 Å². The minimum atomic E-state index is -0.779. The molecule has 1 aromatic rings. The van der Waals surface area contributed by atoms with E-state index in [0.717, 1.165) is 37.0 Å². The van der Waals surface area contributed by atoms with E-state index in [-0.39, 0.29) is 10.7 Å². The van der Waals surface area contributed by atoms with Crippen LogP contribution in [-0.4, -0.2) is 38.8 Å². The number of aromatic nitrogens is 2. The van der Waals surface area contributed by atoms with E-state index in [2.05, 4.69) is 41.4 Å². The maximum Gasteiger partial charge on any atom is 0.138 e. The molecule has 21 heavy (non-hydrogen) atoms. The molecule has 0 aliphatic rings. The number of nitrogens with zero attached hydrogens (tertiary/aromatic N) is 2. The van der Waals surface area contributed by atoms with Gasteiger partial charge in [0.05, 0.1) is 0 Å². The molecule has 0 aliphatic carbocycles. The summed E-state index contributed by atoms with van der Waals surface area (Å²) in [5, 5.41) is 6.74. The molecule has 1 aromatic heterocycles. The third-order valence-electron chi connectivity index (χ3n) is 3.18. The fraction of sp³-hybridized carbons (Fsp3) is 0.733. The van der Waals surface area contributed by atoms with Crippen molar-refractivity contribution in [3.8, 4) is 0 Å². The fourth-order valence-corrected chi connectivity index (χ4v) is 2.16. The van der Waals surface area contributed by atoms with E-state index in [0.29, 0.717) is 0 Å². The van der Waals surface area contributed by atoms with Gasteiger partial charge >= 0.3 is 0 Å². The van der Waals surface area contributed by atoms with Gasteiger partial charge in [-0.05, 0) is 13.3 Å². The first-order valence-electron chi connectivity index (χ1n) is 7.43. The molecule has 0 aliphatic heterocycles. The second-order valence-corrected chi connectivity index (χ2v) is 8.07. The van der Waals surface area contributed by atoms with Crippen molar-refractivity contribution in [3.63, 3.8) is 0 Å². The van der Waals surface area contributed by atoms with Crippen LogP contribution in [-0.2, 0) is 16.2 Å². The van der Waals surface area contributed by atoms with Gasteiger partial charge in [-0.2, -0.15) is 0 Å². The van der Waals surface area contributed by atoms with Gasteiger partial charge < -0.3 is 10.6 Å². The van der Waals surface area contributed by atoms with Crippen LogP contribution in [0.4, 0.5) is 11.6 Å². The van der Waals surface area contributed by atoms with Crippen molar-refractivity contribution in [2.45, 2.75) is 51.7 Å². The summed E-state index contributed by atoms with van der Waals surface area (Å²) in [6.45, 7) is 11.9. The first kappa shape index (κ1) is 17.9. The zero-order valence-electron chi connectivity index (χ0n) is 14.0. The number of anilines is 2. The third-order valence-corrected chi connectivity index (χ3v) is 4.55. The molecule has 5 nitrogen and oxygen atoms in total. The van der Waals surface area contributed by atoms with Crippen molar-refractivity contribution >= 4 is 22.4 Å². The highest BCUT2D eigenvalue weighted by molar-refractivity contribution is 7.84. The molecule has 2 atom stereocenters. The lowest BCUT2D eigenvalue weighted by molar-refractivity contribution is 0.546. The zero-order valence-corrected chi connectivity index (χ0v) is 14.8. The van der Waals surface area contributed by atoms with Gasteiger partial charge in [0.2, 0.25) is 0 Å². The van der Waals surface area contributed by atoms with E-state index in [9.17, 15) is 4.21 Å². The van der Waals surface area contributed by atoms with Crippen molar-refractivity contribution in [2.24, 2.45) is 0 Å². The number of hydrogen-bond acceptors (Lipinski definition) is 5. The smallest absolute Gasteiger partial charge is 0.138 e. The van der Waals surface area contributed by atoms with E-state index in [1.807, 2.05) is 19.9 Å². The number of nitrogens with one attached hydrogen (secondary N) is 2. The Morgan fingerprint density at radius 2 is 1.81 bits per heavy atom. The molecule has 0 amide bonds. The lowest BCUT2D eigenvalue weighted by atomic mass is 9.96. The Bertz CT molecular complexity index is 485. The second-order valence-electron chi connectivity index (χ2n) is 6.27. The number of rotatable bonds is 7. The Balaban J connectivity index is 2.81. The van der Waals surface area contributed by atoms with Crippen molar-refractivity contribution < 1.29 is 4.21 Å². The summed E-state index contributed by atoms with van der Waals surface area (Å²) in [6.07, 6.45) is 2.60. The van der Waals surface area contributed by atoms with Crippen molar-refractivity contribution in [1.82, 2.24) is 9.97 Å². The lowest BCUT2D eigenvalue weighted by Crippen LogP contribution is -2.20. The second kappa shape index (κ2) is 7.73. The maximum absolute atomic E-state index is 11.4. The monoisotopic (exact) mass is 312 g/mol. The molecule has 0 saturated carbocycles. The van der Waals surface area contributed by atoms with Crippen LogP contribution in [0.1, 0.15) is 46.9 Å². The first-order chi connectivity index (χ1) is 9.74. The summed E-state index contributed by atoms with van der Waals surface area (Å²) in [7, 11) is -0.779. The van der Waals surface area contributed by atoms with Crippen molar-refractivity contribution in [1.29, 1.82) is 0 Å². The minimum Gasteiger partial charge on any atom is -0.370 e. The Kier molecular flexibility index (Phi) is 6.58. The normalized spacial score (nSPS) is 14.6. The standard InChI is InChI=1S/C15H28N4OS/c1-7-16-12-10-13(17-9-8-11(2)21(6)20)19-14(18-12)15(3,4)5/h10-11H,7-9H2,1-6H3,(H2,16,17,18,19). The number of hydrogen-bond donors (Lipinski definition) is 2. The summed E-state index contributed by atoms with van der Waals surface area (Å²) >= 11 is 0. The van der Waals surface area contributed by atoms with Gasteiger partial charge in [-0.1, -0.05) is 27.7 Å². The van der Waals surface area contributed by atoms with Crippen molar-refractivity contribution in [3.05, 3.63) is 11.9 Å². The van der Waals surface area contributed by atoms with E-state index in [1.165, 1.54) is 0 Å². The molecular formula is C15H28N4OS. The van der Waals surface area contributed by atoms with Crippen LogP contribution in [0.3, 0.4) is 0 Å². The van der Waals surface area contributed by atoms with E-state index >= 15 is 0 Å². The largest absolute Gasteiger partial charge is 0.370 e. The van der Waals surface area contributed by atoms with Gasteiger partial charge in [-0.25, -0.2) is 9.97 Å². The summed E-state index contributed by atoms with van der Waals surface area (Å²) in [6, 6.07) is 1.92. The van der Waals surface area contributed by atoms with Gasteiger partial charge in [-0.3, -0.25) is 4.21 Å². The molecule has 0 spiro atoms. The summed E-state index contributed by atoms with van der Waals surface area (Å²) < 4.78 is 11.4. The highest BCUT2D eigenvalue weighted by Crippen LogP contribution is 2.22. The molecule has 1 rings (SSSR count). The molecule has 0 bridgehead atoms. The van der Waals surface area contributed by atoms with E-state index in [4.69, 9.17) is 0 Å². The topological polar surface area (TPSA) is 66.9 Å². The van der Waals surface area contributed by atoms with Crippen LogP contribution in [0.25, 0.3) is 0 Å². The Labute approximate surface area is 130 Å². The summed E-state index contributed by atoms with van der Waals surface area (Å²) in [5.74, 6) is 2.47. The first-order valence-corrected chi connectivity index (χ1v) is 9.05.